The van der Waals surface area contributed by atoms with Crippen LogP contribution in [0.4, 0.5) is 0 Å². The molecule has 0 aromatic heterocycles. The highest BCUT2D eigenvalue weighted by Gasteiger charge is 2.06. The van der Waals surface area contributed by atoms with Crippen molar-refractivity contribution in [1.29, 1.82) is 0 Å². The first kappa shape index (κ1) is 6.93. The largest absolute Gasteiger partial charge is 0.508 e. The first-order valence-corrected chi connectivity index (χ1v) is 3.49. The second-order valence-corrected chi connectivity index (χ2v) is 2.37. The summed E-state index contributed by atoms with van der Waals surface area (Å²) in [5.41, 5.74) is 8.74. The summed E-state index contributed by atoms with van der Waals surface area (Å²) in [6.45, 7) is 0. The van der Waals surface area contributed by atoms with E-state index in [4.69, 9.17) is 5.11 Å². The SMILES string of the molecule is Oc1cccc(C2=NNNN2)c1. The van der Waals surface area contributed by atoms with Gasteiger partial charge in [0.25, 0.3) is 0 Å². The Hall–Kier alpha value is -1.75. The Morgan fingerprint density at radius 1 is 1.33 bits per heavy atom. The van der Waals surface area contributed by atoms with Crippen molar-refractivity contribution in [2.75, 3.05) is 0 Å². The fourth-order valence-corrected chi connectivity index (χ4v) is 0.989. The zero-order chi connectivity index (χ0) is 8.39. The maximum absolute atomic E-state index is 9.15. The van der Waals surface area contributed by atoms with Crippen molar-refractivity contribution >= 4 is 5.84 Å². The van der Waals surface area contributed by atoms with E-state index in [0.717, 1.165) is 5.56 Å². The van der Waals surface area contributed by atoms with Crippen molar-refractivity contribution in [1.82, 2.24) is 16.5 Å². The summed E-state index contributed by atoms with van der Waals surface area (Å²) in [7, 11) is 0. The zero-order valence-corrected chi connectivity index (χ0v) is 6.20. The van der Waals surface area contributed by atoms with Gasteiger partial charge in [-0.25, -0.2) is 5.53 Å². The monoisotopic (exact) mass is 164 g/mol. The predicted octanol–water partition coefficient (Wildman–Crippen LogP) is -0.334. The zero-order valence-electron chi connectivity index (χ0n) is 6.20. The molecule has 1 aliphatic heterocycles. The van der Waals surface area contributed by atoms with E-state index in [9.17, 15) is 0 Å². The minimum absolute atomic E-state index is 0.226. The minimum Gasteiger partial charge on any atom is -0.508 e. The Labute approximate surface area is 69.0 Å². The number of amidine groups is 1. The molecule has 1 heterocycles. The van der Waals surface area contributed by atoms with Crippen LogP contribution >= 0.6 is 0 Å². The van der Waals surface area contributed by atoms with Gasteiger partial charge in [-0.3, -0.25) is 5.43 Å². The summed E-state index contributed by atoms with van der Waals surface area (Å²) in [5, 5.41) is 13.0. The molecule has 0 saturated heterocycles. The van der Waals surface area contributed by atoms with Gasteiger partial charge in [0, 0.05) is 5.56 Å². The van der Waals surface area contributed by atoms with Crippen LogP contribution in [0.15, 0.2) is 29.4 Å². The molecule has 1 aromatic carbocycles. The molecule has 0 fully saturated rings. The smallest absolute Gasteiger partial charge is 0.170 e. The van der Waals surface area contributed by atoms with Gasteiger partial charge < -0.3 is 5.11 Å². The van der Waals surface area contributed by atoms with Gasteiger partial charge in [-0.2, -0.15) is 0 Å². The van der Waals surface area contributed by atoms with Crippen molar-refractivity contribution in [3.63, 3.8) is 0 Å². The molecule has 1 aromatic rings. The van der Waals surface area contributed by atoms with Crippen LogP contribution in [0.2, 0.25) is 0 Å². The predicted molar refractivity (Wildman–Crippen MR) is 44.1 cm³/mol. The number of hydrogen-bond donors (Lipinski definition) is 4. The third kappa shape index (κ3) is 1.17. The molecule has 12 heavy (non-hydrogen) atoms. The van der Waals surface area contributed by atoms with Gasteiger partial charge in [0.2, 0.25) is 0 Å². The van der Waals surface area contributed by atoms with Gasteiger partial charge in [-0.05, 0) is 12.1 Å². The van der Waals surface area contributed by atoms with Gasteiger partial charge in [0.1, 0.15) is 5.75 Å². The molecule has 0 spiro atoms. The van der Waals surface area contributed by atoms with Crippen LogP contribution in [0.1, 0.15) is 5.56 Å². The third-order valence-corrected chi connectivity index (χ3v) is 1.52. The summed E-state index contributed by atoms with van der Waals surface area (Å²) in [5.74, 6) is 0.884. The van der Waals surface area contributed by atoms with Crippen LogP contribution in [0.5, 0.6) is 5.75 Å². The van der Waals surface area contributed by atoms with Crippen LogP contribution < -0.4 is 16.5 Å². The van der Waals surface area contributed by atoms with Gasteiger partial charge in [0.15, 0.2) is 5.84 Å². The van der Waals surface area contributed by atoms with Gasteiger partial charge in [0.05, 0.1) is 0 Å². The van der Waals surface area contributed by atoms with Crippen molar-refractivity contribution in [3.05, 3.63) is 29.8 Å². The molecule has 0 saturated carbocycles. The molecule has 5 heteroatoms. The summed E-state index contributed by atoms with van der Waals surface area (Å²) in [6, 6.07) is 6.84. The van der Waals surface area contributed by atoms with Crippen LogP contribution in [-0.2, 0) is 0 Å². The normalized spacial score (nSPS) is 14.8. The summed E-state index contributed by atoms with van der Waals surface area (Å²) >= 11 is 0. The number of phenols is 1. The summed E-state index contributed by atoms with van der Waals surface area (Å²) in [6.07, 6.45) is 0. The van der Waals surface area contributed by atoms with Gasteiger partial charge >= 0.3 is 0 Å². The van der Waals surface area contributed by atoms with E-state index in [1.807, 2.05) is 6.07 Å². The highest BCUT2D eigenvalue weighted by molar-refractivity contribution is 5.99. The number of hydrogen-bond acceptors (Lipinski definition) is 5. The average molecular weight is 164 g/mol. The van der Waals surface area contributed by atoms with E-state index in [2.05, 4.69) is 21.6 Å². The first-order valence-electron chi connectivity index (χ1n) is 3.49. The number of rotatable bonds is 1. The summed E-state index contributed by atoms with van der Waals surface area (Å²) in [4.78, 5) is 0. The maximum atomic E-state index is 9.15. The Kier molecular flexibility index (Phi) is 1.56. The Bertz CT molecular complexity index is 323. The number of benzene rings is 1. The lowest BCUT2D eigenvalue weighted by molar-refractivity contribution is 0.475. The second-order valence-electron chi connectivity index (χ2n) is 2.37. The van der Waals surface area contributed by atoms with E-state index in [1.54, 1.807) is 18.2 Å². The van der Waals surface area contributed by atoms with Crippen LogP contribution in [0.25, 0.3) is 0 Å². The number of nitrogens with zero attached hydrogens (tertiary/aromatic N) is 1. The maximum Gasteiger partial charge on any atom is 0.170 e. The molecule has 0 atom stereocenters. The Morgan fingerprint density at radius 3 is 2.92 bits per heavy atom. The number of hydrazine groups is 2. The second kappa shape index (κ2) is 2.71. The number of phenolic OH excluding ortho intramolecular Hbond substituents is 1. The van der Waals surface area contributed by atoms with E-state index >= 15 is 0 Å². The Balaban J connectivity index is 2.33. The minimum atomic E-state index is 0.226. The third-order valence-electron chi connectivity index (χ3n) is 1.52. The average Bonchev–Trinajstić information content (AvgIpc) is 2.56. The van der Waals surface area contributed by atoms with Crippen molar-refractivity contribution in [2.45, 2.75) is 0 Å². The summed E-state index contributed by atoms with van der Waals surface area (Å²) < 4.78 is 0. The molecule has 5 nitrogen and oxygen atoms in total. The molecule has 2 rings (SSSR count). The standard InChI is InChI=1S/C7H8N4O/c12-6-3-1-2-5(4-6)7-8-10-11-9-7/h1-4,10-12H,(H,8,9). The quantitative estimate of drug-likeness (QED) is 0.458. The van der Waals surface area contributed by atoms with Gasteiger partial charge in [-0.1, -0.05) is 12.1 Å². The molecule has 0 aliphatic carbocycles. The fraction of sp³-hybridized carbons (Fsp3) is 0. The number of aromatic hydroxyl groups is 1. The molecule has 0 radical (unpaired) electrons. The molecule has 1 aliphatic rings. The fourth-order valence-electron chi connectivity index (χ4n) is 0.989. The molecule has 0 bridgehead atoms. The van der Waals surface area contributed by atoms with Crippen molar-refractivity contribution < 1.29 is 5.11 Å². The lowest BCUT2D eigenvalue weighted by Gasteiger charge is -1.99. The molecular weight excluding hydrogens is 156 g/mol. The van der Waals surface area contributed by atoms with Crippen molar-refractivity contribution in [3.8, 4) is 5.75 Å². The van der Waals surface area contributed by atoms with Gasteiger partial charge in [-0.15, -0.1) is 10.6 Å². The van der Waals surface area contributed by atoms with E-state index < -0.39 is 0 Å². The molecule has 0 amide bonds. The first-order chi connectivity index (χ1) is 5.86. The Morgan fingerprint density at radius 2 is 2.25 bits per heavy atom. The molecule has 4 N–H and O–H groups in total. The number of nitrogens with one attached hydrogen (secondary N) is 3. The van der Waals surface area contributed by atoms with E-state index in [0.29, 0.717) is 5.84 Å². The lowest BCUT2D eigenvalue weighted by Crippen LogP contribution is -2.35. The van der Waals surface area contributed by atoms with Crippen LogP contribution in [-0.4, -0.2) is 10.9 Å². The highest BCUT2D eigenvalue weighted by Crippen LogP contribution is 2.10. The van der Waals surface area contributed by atoms with Crippen LogP contribution in [0.3, 0.4) is 0 Å². The van der Waals surface area contributed by atoms with Crippen molar-refractivity contribution in [2.24, 2.45) is 5.10 Å². The van der Waals surface area contributed by atoms with E-state index in [-0.39, 0.29) is 5.75 Å². The van der Waals surface area contributed by atoms with Crippen LogP contribution in [0, 0.1) is 0 Å². The molecule has 62 valence electrons. The highest BCUT2D eigenvalue weighted by atomic mass is 16.3. The van der Waals surface area contributed by atoms with E-state index in [1.165, 1.54) is 0 Å². The lowest BCUT2D eigenvalue weighted by atomic mass is 10.2. The number of hydrazone groups is 1. The molecule has 0 unspecified atom stereocenters. The topological polar surface area (TPSA) is 68.7 Å². The molecular formula is C7H8N4O.